The number of rotatable bonds is 3. The predicted octanol–water partition coefficient (Wildman–Crippen LogP) is 2.78. The Morgan fingerprint density at radius 1 is 1.06 bits per heavy atom. The molecule has 2 fully saturated rings. The summed E-state index contributed by atoms with van der Waals surface area (Å²) in [6.45, 7) is 6.18. The van der Waals surface area contributed by atoms with Crippen molar-refractivity contribution in [3.8, 4) is 0 Å². The minimum atomic E-state index is 0.881. The molecule has 2 aliphatic heterocycles. The molecular formula is C14H28N2. The second-order valence-electron chi connectivity index (χ2n) is 5.51. The highest BCUT2D eigenvalue weighted by molar-refractivity contribution is 4.84. The maximum absolute atomic E-state index is 3.54. The molecule has 0 aliphatic carbocycles. The van der Waals surface area contributed by atoms with Crippen molar-refractivity contribution in [2.24, 2.45) is 0 Å². The van der Waals surface area contributed by atoms with Crippen molar-refractivity contribution in [3.05, 3.63) is 0 Å². The Balaban J connectivity index is 1.92. The van der Waals surface area contributed by atoms with E-state index in [1.54, 1.807) is 0 Å². The average Bonchev–Trinajstić information content (AvgIpc) is 2.59. The van der Waals surface area contributed by atoms with Crippen LogP contribution in [0, 0.1) is 0 Å². The van der Waals surface area contributed by atoms with Gasteiger partial charge in [0.2, 0.25) is 0 Å². The molecule has 1 N–H and O–H groups in total. The van der Waals surface area contributed by atoms with E-state index in [1.807, 2.05) is 0 Å². The number of hydrogen-bond donors (Lipinski definition) is 1. The van der Waals surface area contributed by atoms with Crippen LogP contribution in [0.15, 0.2) is 0 Å². The SMILES string of the molecule is CCCC1CCCCN1C1CCCNCC1. The van der Waals surface area contributed by atoms with Crippen molar-refractivity contribution >= 4 is 0 Å². The minimum absolute atomic E-state index is 0.881. The predicted molar refractivity (Wildman–Crippen MR) is 69.8 cm³/mol. The van der Waals surface area contributed by atoms with Gasteiger partial charge >= 0.3 is 0 Å². The number of piperidine rings is 1. The van der Waals surface area contributed by atoms with Gasteiger partial charge in [-0.3, -0.25) is 4.90 Å². The van der Waals surface area contributed by atoms with Gasteiger partial charge in [0.25, 0.3) is 0 Å². The fraction of sp³-hybridized carbons (Fsp3) is 1.00. The Morgan fingerprint density at radius 2 is 2.00 bits per heavy atom. The van der Waals surface area contributed by atoms with Crippen LogP contribution in [-0.4, -0.2) is 36.6 Å². The summed E-state index contributed by atoms with van der Waals surface area (Å²) in [5, 5.41) is 3.54. The van der Waals surface area contributed by atoms with Gasteiger partial charge in [-0.25, -0.2) is 0 Å². The molecule has 0 aromatic carbocycles. The Labute approximate surface area is 101 Å². The second kappa shape index (κ2) is 6.61. The summed E-state index contributed by atoms with van der Waals surface area (Å²) < 4.78 is 0. The van der Waals surface area contributed by atoms with Crippen LogP contribution in [0.5, 0.6) is 0 Å². The van der Waals surface area contributed by atoms with E-state index in [2.05, 4.69) is 17.1 Å². The fourth-order valence-electron chi connectivity index (χ4n) is 3.48. The van der Waals surface area contributed by atoms with Crippen LogP contribution in [-0.2, 0) is 0 Å². The zero-order chi connectivity index (χ0) is 11.2. The first-order valence-electron chi connectivity index (χ1n) is 7.38. The Kier molecular flexibility index (Phi) is 5.11. The molecule has 0 aromatic heterocycles. The quantitative estimate of drug-likeness (QED) is 0.793. The summed E-state index contributed by atoms with van der Waals surface area (Å²) in [5.74, 6) is 0. The maximum atomic E-state index is 3.54. The lowest BCUT2D eigenvalue weighted by Gasteiger charge is -2.41. The molecule has 0 bridgehead atoms. The van der Waals surface area contributed by atoms with Crippen molar-refractivity contribution in [2.75, 3.05) is 19.6 Å². The molecular weight excluding hydrogens is 196 g/mol. The molecule has 2 heteroatoms. The van der Waals surface area contributed by atoms with Gasteiger partial charge in [-0.15, -0.1) is 0 Å². The largest absolute Gasteiger partial charge is 0.317 e. The van der Waals surface area contributed by atoms with E-state index in [9.17, 15) is 0 Å². The zero-order valence-electron chi connectivity index (χ0n) is 10.9. The van der Waals surface area contributed by atoms with E-state index in [-0.39, 0.29) is 0 Å². The Morgan fingerprint density at radius 3 is 2.88 bits per heavy atom. The minimum Gasteiger partial charge on any atom is -0.317 e. The highest BCUT2D eigenvalue weighted by Crippen LogP contribution is 2.26. The van der Waals surface area contributed by atoms with E-state index in [4.69, 9.17) is 0 Å². The van der Waals surface area contributed by atoms with Gasteiger partial charge < -0.3 is 5.32 Å². The Hall–Kier alpha value is -0.0800. The summed E-state index contributed by atoms with van der Waals surface area (Å²) in [7, 11) is 0. The molecule has 0 saturated carbocycles. The summed E-state index contributed by atoms with van der Waals surface area (Å²) >= 11 is 0. The van der Waals surface area contributed by atoms with E-state index < -0.39 is 0 Å². The van der Waals surface area contributed by atoms with Gasteiger partial charge in [-0.1, -0.05) is 19.8 Å². The van der Waals surface area contributed by atoms with Crippen LogP contribution in [0.4, 0.5) is 0 Å². The summed E-state index contributed by atoms with van der Waals surface area (Å²) in [6, 6.07) is 1.79. The molecule has 2 nitrogen and oxygen atoms in total. The zero-order valence-corrected chi connectivity index (χ0v) is 10.9. The van der Waals surface area contributed by atoms with E-state index in [1.165, 1.54) is 71.0 Å². The van der Waals surface area contributed by atoms with Crippen LogP contribution in [0.1, 0.15) is 58.3 Å². The molecule has 2 rings (SSSR count). The average molecular weight is 224 g/mol. The van der Waals surface area contributed by atoms with Crippen LogP contribution < -0.4 is 5.32 Å². The third kappa shape index (κ3) is 3.21. The van der Waals surface area contributed by atoms with Gasteiger partial charge in [0.15, 0.2) is 0 Å². The molecule has 2 unspecified atom stereocenters. The van der Waals surface area contributed by atoms with Crippen molar-refractivity contribution in [1.82, 2.24) is 10.2 Å². The van der Waals surface area contributed by atoms with Crippen molar-refractivity contribution in [3.63, 3.8) is 0 Å². The lowest BCUT2D eigenvalue weighted by Crippen LogP contribution is -2.46. The highest BCUT2D eigenvalue weighted by atomic mass is 15.2. The van der Waals surface area contributed by atoms with Gasteiger partial charge in [0.05, 0.1) is 0 Å². The van der Waals surface area contributed by atoms with Gasteiger partial charge in [0, 0.05) is 12.1 Å². The molecule has 0 aromatic rings. The third-order valence-electron chi connectivity index (χ3n) is 4.31. The molecule has 0 radical (unpaired) electrons. The fourth-order valence-corrected chi connectivity index (χ4v) is 3.48. The number of nitrogens with one attached hydrogen (secondary N) is 1. The third-order valence-corrected chi connectivity index (χ3v) is 4.31. The number of nitrogens with zero attached hydrogens (tertiary/aromatic N) is 1. The second-order valence-corrected chi connectivity index (χ2v) is 5.51. The van der Waals surface area contributed by atoms with E-state index in [0.29, 0.717) is 0 Å². The normalized spacial score (nSPS) is 33.6. The summed E-state index contributed by atoms with van der Waals surface area (Å²) in [4.78, 5) is 2.86. The standard InChI is InChI=1S/C14H28N2/c1-2-6-13-7-3-4-12-16(13)14-8-5-10-15-11-9-14/h13-15H,2-12H2,1H3. The first-order valence-corrected chi connectivity index (χ1v) is 7.38. The van der Waals surface area contributed by atoms with E-state index in [0.717, 1.165) is 12.1 Å². The summed E-state index contributed by atoms with van der Waals surface area (Å²) in [5.41, 5.74) is 0. The van der Waals surface area contributed by atoms with Crippen molar-refractivity contribution in [2.45, 2.75) is 70.4 Å². The van der Waals surface area contributed by atoms with Crippen molar-refractivity contribution < 1.29 is 0 Å². The van der Waals surface area contributed by atoms with Gasteiger partial charge in [-0.05, 0) is 58.2 Å². The molecule has 2 saturated heterocycles. The molecule has 2 atom stereocenters. The monoisotopic (exact) mass is 224 g/mol. The molecule has 2 aliphatic rings. The van der Waals surface area contributed by atoms with Gasteiger partial charge in [-0.2, -0.15) is 0 Å². The Bertz CT molecular complexity index is 183. The van der Waals surface area contributed by atoms with Gasteiger partial charge in [0.1, 0.15) is 0 Å². The molecule has 0 amide bonds. The molecule has 2 heterocycles. The van der Waals surface area contributed by atoms with E-state index >= 15 is 0 Å². The first kappa shape index (κ1) is 12.4. The smallest absolute Gasteiger partial charge is 0.0111 e. The van der Waals surface area contributed by atoms with Crippen molar-refractivity contribution in [1.29, 1.82) is 0 Å². The van der Waals surface area contributed by atoms with Crippen LogP contribution in [0.2, 0.25) is 0 Å². The summed E-state index contributed by atoms with van der Waals surface area (Å²) in [6.07, 6.45) is 11.3. The molecule has 94 valence electrons. The lowest BCUT2D eigenvalue weighted by molar-refractivity contribution is 0.0811. The topological polar surface area (TPSA) is 15.3 Å². The molecule has 0 spiro atoms. The molecule has 16 heavy (non-hydrogen) atoms. The van der Waals surface area contributed by atoms with Crippen LogP contribution >= 0.6 is 0 Å². The first-order chi connectivity index (χ1) is 7.92. The van der Waals surface area contributed by atoms with Crippen LogP contribution in [0.25, 0.3) is 0 Å². The highest BCUT2D eigenvalue weighted by Gasteiger charge is 2.28. The number of hydrogen-bond acceptors (Lipinski definition) is 2. The number of likely N-dealkylation sites (tertiary alicyclic amines) is 1. The van der Waals surface area contributed by atoms with Crippen LogP contribution in [0.3, 0.4) is 0 Å². The maximum Gasteiger partial charge on any atom is 0.0111 e. The lowest BCUT2D eigenvalue weighted by atomic mass is 9.94.